The van der Waals surface area contributed by atoms with E-state index in [2.05, 4.69) is 10.3 Å². The first kappa shape index (κ1) is 21.8. The molecule has 2 aromatic rings. The topological polar surface area (TPSA) is 135 Å². The van der Waals surface area contributed by atoms with Crippen LogP contribution in [0.5, 0.6) is 0 Å². The second kappa shape index (κ2) is 9.28. The molecule has 0 radical (unpaired) electrons. The number of aryl methyl sites for hydroxylation is 2. The quantitative estimate of drug-likeness (QED) is 0.495. The summed E-state index contributed by atoms with van der Waals surface area (Å²) in [5, 5.41) is 13.0. The lowest BCUT2D eigenvalue weighted by molar-refractivity contribution is -0.113. The number of nitrogens with zero attached hydrogens (tertiary/aromatic N) is 2. The second-order valence-electron chi connectivity index (χ2n) is 6.57. The van der Waals surface area contributed by atoms with Crippen LogP contribution >= 0.6 is 23.1 Å². The predicted molar refractivity (Wildman–Crippen MR) is 114 cm³/mol. The van der Waals surface area contributed by atoms with Gasteiger partial charge in [0, 0.05) is 4.88 Å². The number of rotatable bonds is 7. The van der Waals surface area contributed by atoms with Crippen LogP contribution < -0.4 is 11.1 Å². The lowest BCUT2D eigenvalue weighted by atomic mass is 10.1. The van der Waals surface area contributed by atoms with E-state index < -0.39 is 11.9 Å². The summed E-state index contributed by atoms with van der Waals surface area (Å²) in [6.45, 7) is 3.56. The Labute approximate surface area is 181 Å². The number of pyridine rings is 1. The van der Waals surface area contributed by atoms with Crippen LogP contribution in [0.3, 0.4) is 0 Å². The van der Waals surface area contributed by atoms with E-state index in [1.54, 1.807) is 13.8 Å². The lowest BCUT2D eigenvalue weighted by Crippen LogP contribution is -2.19. The molecule has 1 aliphatic rings. The first-order chi connectivity index (χ1) is 14.3. The van der Waals surface area contributed by atoms with Gasteiger partial charge in [-0.05, 0) is 44.7 Å². The van der Waals surface area contributed by atoms with E-state index in [1.807, 2.05) is 6.07 Å². The average Bonchev–Trinajstić information content (AvgIpc) is 3.26. The molecule has 1 aliphatic carbocycles. The van der Waals surface area contributed by atoms with E-state index >= 15 is 0 Å². The number of hydrogen-bond acceptors (Lipinski definition) is 8. The molecule has 0 saturated heterocycles. The minimum atomic E-state index is -0.545. The van der Waals surface area contributed by atoms with Gasteiger partial charge in [0.25, 0.3) is 5.91 Å². The highest BCUT2D eigenvalue weighted by Gasteiger charge is 2.26. The van der Waals surface area contributed by atoms with Crippen molar-refractivity contribution in [1.82, 2.24) is 4.98 Å². The van der Waals surface area contributed by atoms with E-state index in [9.17, 15) is 19.6 Å². The number of nitrogens with two attached hydrogens (primary N) is 1. The third-order valence-corrected chi connectivity index (χ3v) is 6.75. The smallest absolute Gasteiger partial charge is 0.340 e. The van der Waals surface area contributed by atoms with Gasteiger partial charge in [0.1, 0.15) is 16.1 Å². The molecule has 156 valence electrons. The number of fused-ring (bicyclic) bond motifs is 1. The number of thiophene rings is 1. The van der Waals surface area contributed by atoms with Crippen LogP contribution in [0.15, 0.2) is 11.1 Å². The zero-order valence-electron chi connectivity index (χ0n) is 16.5. The molecule has 0 aromatic carbocycles. The Balaban J connectivity index is 1.73. The number of ether oxygens (including phenoxy) is 1. The van der Waals surface area contributed by atoms with Gasteiger partial charge in [-0.1, -0.05) is 11.8 Å². The normalized spacial score (nSPS) is 12.2. The van der Waals surface area contributed by atoms with Crippen molar-refractivity contribution in [2.75, 3.05) is 17.7 Å². The van der Waals surface area contributed by atoms with Crippen molar-refractivity contribution in [3.05, 3.63) is 38.9 Å². The molecule has 0 bridgehead atoms. The van der Waals surface area contributed by atoms with Crippen molar-refractivity contribution < 1.29 is 19.1 Å². The largest absolute Gasteiger partial charge is 0.462 e. The number of primary amides is 1. The Kier molecular flexibility index (Phi) is 6.74. The molecule has 3 rings (SSSR count). The fraction of sp³-hybridized carbons (Fsp3) is 0.350. The third-order valence-electron chi connectivity index (χ3n) is 4.55. The number of aromatic nitrogens is 1. The Morgan fingerprint density at radius 1 is 1.40 bits per heavy atom. The van der Waals surface area contributed by atoms with Crippen molar-refractivity contribution >= 4 is 45.9 Å². The van der Waals surface area contributed by atoms with Crippen LogP contribution in [-0.4, -0.2) is 35.1 Å². The van der Waals surface area contributed by atoms with Gasteiger partial charge in [-0.25, -0.2) is 9.78 Å². The highest BCUT2D eigenvalue weighted by Crippen LogP contribution is 2.39. The lowest BCUT2D eigenvalue weighted by Gasteiger charge is -2.09. The fourth-order valence-corrected chi connectivity index (χ4v) is 5.35. The van der Waals surface area contributed by atoms with Gasteiger partial charge >= 0.3 is 5.97 Å². The van der Waals surface area contributed by atoms with E-state index in [-0.39, 0.29) is 29.4 Å². The highest BCUT2D eigenvalue weighted by molar-refractivity contribution is 8.00. The van der Waals surface area contributed by atoms with Crippen LogP contribution in [0.25, 0.3) is 0 Å². The van der Waals surface area contributed by atoms with Crippen molar-refractivity contribution in [3.8, 4) is 6.07 Å². The molecule has 0 saturated carbocycles. The van der Waals surface area contributed by atoms with Crippen LogP contribution in [-0.2, 0) is 22.4 Å². The molecule has 2 amide bonds. The monoisotopic (exact) mass is 444 g/mol. The standard InChI is InChI=1S/C20H20N4O4S2/c1-3-28-20(27)13-7-11(8-21)18(23-10(13)2)29-9-15(25)24-19-16(17(22)26)12-5-4-6-14(12)30-19/h7H,3-6,9H2,1-2H3,(H2,22,26)(H,24,25). The minimum Gasteiger partial charge on any atom is -0.462 e. The minimum absolute atomic E-state index is 0.0133. The predicted octanol–water partition coefficient (Wildman–Crippen LogP) is 2.82. The molecule has 10 heteroatoms. The highest BCUT2D eigenvalue weighted by atomic mass is 32.2. The van der Waals surface area contributed by atoms with Gasteiger partial charge in [0.05, 0.1) is 34.7 Å². The maximum absolute atomic E-state index is 12.5. The molecular formula is C20H20N4O4S2. The Morgan fingerprint density at radius 3 is 2.83 bits per heavy atom. The van der Waals surface area contributed by atoms with E-state index in [4.69, 9.17) is 10.5 Å². The zero-order chi connectivity index (χ0) is 21.8. The number of hydrogen-bond donors (Lipinski definition) is 2. The second-order valence-corrected chi connectivity index (χ2v) is 8.64. The van der Waals surface area contributed by atoms with Crippen LogP contribution in [0.2, 0.25) is 0 Å². The van der Waals surface area contributed by atoms with Crippen LogP contribution in [0.1, 0.15) is 55.8 Å². The van der Waals surface area contributed by atoms with Crippen molar-refractivity contribution in [1.29, 1.82) is 5.26 Å². The molecule has 0 aliphatic heterocycles. The number of carbonyl (C=O) groups is 3. The zero-order valence-corrected chi connectivity index (χ0v) is 18.2. The first-order valence-corrected chi connectivity index (χ1v) is 11.1. The van der Waals surface area contributed by atoms with Gasteiger partial charge in [-0.3, -0.25) is 9.59 Å². The van der Waals surface area contributed by atoms with Crippen molar-refractivity contribution in [2.45, 2.75) is 38.1 Å². The maximum atomic E-state index is 12.5. The molecule has 0 unspecified atom stereocenters. The molecule has 0 spiro atoms. The summed E-state index contributed by atoms with van der Waals surface area (Å²) >= 11 is 2.47. The molecule has 0 atom stereocenters. The fourth-order valence-electron chi connectivity index (χ4n) is 3.24. The number of anilines is 1. The number of thioether (sulfide) groups is 1. The molecule has 0 fully saturated rings. The number of nitriles is 1. The summed E-state index contributed by atoms with van der Waals surface area (Å²) in [5.41, 5.74) is 7.68. The number of esters is 1. The maximum Gasteiger partial charge on any atom is 0.340 e. The summed E-state index contributed by atoms with van der Waals surface area (Å²) in [5.74, 6) is -1.44. The Bertz CT molecular complexity index is 1070. The SMILES string of the molecule is CCOC(=O)c1cc(C#N)c(SCC(=O)Nc2sc3c(c2C(N)=O)CCC3)nc1C. The molecule has 2 aromatic heterocycles. The third kappa shape index (κ3) is 4.47. The molecular weight excluding hydrogens is 424 g/mol. The summed E-state index contributed by atoms with van der Waals surface area (Å²) in [4.78, 5) is 41.7. The average molecular weight is 445 g/mol. The Hall–Kier alpha value is -2.90. The number of carbonyl (C=O) groups excluding carboxylic acids is 3. The summed E-state index contributed by atoms with van der Waals surface area (Å²) in [6, 6.07) is 3.43. The van der Waals surface area contributed by atoms with Gasteiger partial charge in [0.15, 0.2) is 0 Å². The number of nitrogens with one attached hydrogen (secondary N) is 1. The van der Waals surface area contributed by atoms with E-state index in [0.29, 0.717) is 21.3 Å². The van der Waals surface area contributed by atoms with Gasteiger partial charge in [0.2, 0.25) is 5.91 Å². The molecule has 2 heterocycles. The van der Waals surface area contributed by atoms with Gasteiger partial charge in [-0.15, -0.1) is 11.3 Å². The summed E-state index contributed by atoms with van der Waals surface area (Å²) in [6.07, 6.45) is 2.65. The van der Waals surface area contributed by atoms with Crippen LogP contribution in [0, 0.1) is 18.3 Å². The van der Waals surface area contributed by atoms with Gasteiger partial charge < -0.3 is 15.8 Å². The van der Waals surface area contributed by atoms with Crippen LogP contribution in [0.4, 0.5) is 5.00 Å². The van der Waals surface area contributed by atoms with Crippen molar-refractivity contribution in [3.63, 3.8) is 0 Å². The molecule has 3 N–H and O–H groups in total. The summed E-state index contributed by atoms with van der Waals surface area (Å²) < 4.78 is 4.97. The molecule has 30 heavy (non-hydrogen) atoms. The first-order valence-electron chi connectivity index (χ1n) is 9.31. The Morgan fingerprint density at radius 2 is 2.17 bits per heavy atom. The number of amides is 2. The molecule has 8 nitrogen and oxygen atoms in total. The summed E-state index contributed by atoms with van der Waals surface area (Å²) in [7, 11) is 0. The van der Waals surface area contributed by atoms with Gasteiger partial charge in [-0.2, -0.15) is 5.26 Å². The van der Waals surface area contributed by atoms with E-state index in [1.165, 1.54) is 17.4 Å². The van der Waals surface area contributed by atoms with E-state index in [0.717, 1.165) is 41.5 Å². The van der Waals surface area contributed by atoms with Crippen molar-refractivity contribution in [2.24, 2.45) is 5.73 Å².